The predicted molar refractivity (Wildman–Crippen MR) is 122 cm³/mol. The van der Waals surface area contributed by atoms with Gasteiger partial charge in [0, 0.05) is 29.0 Å². The van der Waals surface area contributed by atoms with Crippen LogP contribution in [0.5, 0.6) is 0 Å². The maximum absolute atomic E-state index is 12.8. The van der Waals surface area contributed by atoms with Crippen molar-refractivity contribution in [1.29, 1.82) is 5.26 Å². The van der Waals surface area contributed by atoms with Gasteiger partial charge in [0.05, 0.1) is 12.1 Å². The third-order valence-corrected chi connectivity index (χ3v) is 6.36. The van der Waals surface area contributed by atoms with Gasteiger partial charge in [-0.3, -0.25) is 4.79 Å². The van der Waals surface area contributed by atoms with Gasteiger partial charge in [0.2, 0.25) is 0 Å². The van der Waals surface area contributed by atoms with E-state index in [1.54, 1.807) is 0 Å². The molecule has 0 spiro atoms. The van der Waals surface area contributed by atoms with Crippen molar-refractivity contribution in [1.82, 2.24) is 10.2 Å². The van der Waals surface area contributed by atoms with Crippen LogP contribution in [-0.4, -0.2) is 29.4 Å². The second-order valence-electron chi connectivity index (χ2n) is 8.35. The van der Waals surface area contributed by atoms with E-state index >= 15 is 0 Å². The summed E-state index contributed by atoms with van der Waals surface area (Å²) in [7, 11) is 0. The molecule has 154 valence electrons. The molecule has 2 aliphatic rings. The number of para-hydroxylation sites is 2. The minimum absolute atomic E-state index is 0.0568. The molecule has 2 N–H and O–H groups in total. The zero-order chi connectivity index (χ0) is 21.2. The number of fused-ring (bicyclic) bond motifs is 2. The molecule has 2 bridgehead atoms. The van der Waals surface area contributed by atoms with E-state index < -0.39 is 0 Å². The molecule has 1 heterocycles. The molecule has 31 heavy (non-hydrogen) atoms. The van der Waals surface area contributed by atoms with E-state index in [0.717, 1.165) is 41.9 Å². The second-order valence-corrected chi connectivity index (χ2v) is 8.35. The lowest BCUT2D eigenvalue weighted by molar-refractivity contribution is 0.0912. The van der Waals surface area contributed by atoms with Gasteiger partial charge in [-0.25, -0.2) is 0 Å². The largest absolute Gasteiger partial charge is 0.355 e. The first-order valence-corrected chi connectivity index (χ1v) is 10.7. The van der Waals surface area contributed by atoms with Gasteiger partial charge in [0.25, 0.3) is 5.91 Å². The molecule has 1 amide bonds. The number of amides is 1. The van der Waals surface area contributed by atoms with Gasteiger partial charge in [-0.05, 0) is 54.7 Å². The summed E-state index contributed by atoms with van der Waals surface area (Å²) >= 11 is 0. The molecule has 1 saturated carbocycles. The molecular formula is C26H24N4O. The first kappa shape index (κ1) is 19.2. The summed E-state index contributed by atoms with van der Waals surface area (Å²) in [5.74, 6) is 0.448. The van der Waals surface area contributed by atoms with E-state index in [2.05, 4.69) is 29.0 Å². The minimum atomic E-state index is -0.0716. The molecule has 1 aliphatic carbocycles. The van der Waals surface area contributed by atoms with Crippen LogP contribution in [0.1, 0.15) is 23.2 Å². The molecule has 2 fully saturated rings. The van der Waals surface area contributed by atoms with E-state index in [1.807, 2.05) is 71.6 Å². The van der Waals surface area contributed by atoms with E-state index in [-0.39, 0.29) is 18.0 Å². The van der Waals surface area contributed by atoms with Crippen LogP contribution in [0.3, 0.4) is 0 Å². The van der Waals surface area contributed by atoms with Gasteiger partial charge in [0.15, 0.2) is 6.19 Å². The fraction of sp³-hybridized carbons (Fsp3) is 0.231. The third kappa shape index (κ3) is 3.85. The SMILES string of the molecule is N#CN1CC2CC(NC(=O)c3ccc(-c4ccccc4Nc4ccccc4)cc3)C1C2. The van der Waals surface area contributed by atoms with Crippen LogP contribution in [-0.2, 0) is 0 Å². The molecule has 1 saturated heterocycles. The molecule has 5 rings (SSSR count). The number of benzene rings is 3. The van der Waals surface area contributed by atoms with Gasteiger partial charge in [-0.15, -0.1) is 0 Å². The number of piperidine rings is 1. The summed E-state index contributed by atoms with van der Waals surface area (Å²) in [6.07, 6.45) is 4.23. The topological polar surface area (TPSA) is 68.2 Å². The number of carbonyl (C=O) groups excluding carboxylic acids is 1. The van der Waals surface area contributed by atoms with Gasteiger partial charge >= 0.3 is 0 Å². The highest BCUT2D eigenvalue weighted by Crippen LogP contribution is 2.37. The van der Waals surface area contributed by atoms with Crippen LogP contribution < -0.4 is 10.6 Å². The zero-order valence-corrected chi connectivity index (χ0v) is 17.2. The Balaban J connectivity index is 1.31. The van der Waals surface area contributed by atoms with Crippen LogP contribution in [0.4, 0.5) is 11.4 Å². The van der Waals surface area contributed by atoms with Crippen LogP contribution in [0, 0.1) is 17.4 Å². The van der Waals surface area contributed by atoms with Crippen molar-refractivity contribution in [3.63, 3.8) is 0 Å². The van der Waals surface area contributed by atoms with E-state index in [1.165, 1.54) is 0 Å². The number of nitrogens with zero attached hydrogens (tertiary/aromatic N) is 2. The lowest BCUT2D eigenvalue weighted by Crippen LogP contribution is -2.48. The fourth-order valence-corrected chi connectivity index (χ4v) is 4.87. The Morgan fingerprint density at radius 2 is 1.68 bits per heavy atom. The highest BCUT2D eigenvalue weighted by atomic mass is 16.1. The van der Waals surface area contributed by atoms with Crippen molar-refractivity contribution < 1.29 is 4.79 Å². The second kappa shape index (κ2) is 8.16. The number of hydrogen-bond acceptors (Lipinski definition) is 4. The Morgan fingerprint density at radius 1 is 0.935 bits per heavy atom. The molecule has 5 nitrogen and oxygen atoms in total. The number of hydrogen-bond donors (Lipinski definition) is 2. The lowest BCUT2D eigenvalue weighted by Gasteiger charge is -2.29. The maximum atomic E-state index is 12.8. The molecular weight excluding hydrogens is 384 g/mol. The quantitative estimate of drug-likeness (QED) is 0.597. The van der Waals surface area contributed by atoms with E-state index in [4.69, 9.17) is 0 Å². The molecule has 3 aromatic rings. The first-order valence-electron chi connectivity index (χ1n) is 10.7. The van der Waals surface area contributed by atoms with E-state index in [0.29, 0.717) is 11.5 Å². The van der Waals surface area contributed by atoms with Gasteiger partial charge in [0.1, 0.15) is 0 Å². The van der Waals surface area contributed by atoms with Crippen LogP contribution >= 0.6 is 0 Å². The Hall–Kier alpha value is -3.78. The smallest absolute Gasteiger partial charge is 0.251 e. The minimum Gasteiger partial charge on any atom is -0.355 e. The molecule has 3 unspecified atom stereocenters. The van der Waals surface area contributed by atoms with Gasteiger partial charge in [-0.1, -0.05) is 48.5 Å². The van der Waals surface area contributed by atoms with Crippen molar-refractivity contribution in [2.75, 3.05) is 11.9 Å². The van der Waals surface area contributed by atoms with Gasteiger partial charge < -0.3 is 15.5 Å². The summed E-state index contributed by atoms with van der Waals surface area (Å²) < 4.78 is 0. The molecule has 3 atom stereocenters. The average molecular weight is 409 g/mol. The summed E-state index contributed by atoms with van der Waals surface area (Å²) in [6.45, 7) is 0.832. The summed E-state index contributed by atoms with van der Waals surface area (Å²) in [6, 6.07) is 26.2. The summed E-state index contributed by atoms with van der Waals surface area (Å²) in [5.41, 5.74) is 4.82. The van der Waals surface area contributed by atoms with Gasteiger partial charge in [-0.2, -0.15) is 5.26 Å². The van der Waals surface area contributed by atoms with Crippen molar-refractivity contribution in [3.05, 3.63) is 84.4 Å². The van der Waals surface area contributed by atoms with Crippen LogP contribution in [0.2, 0.25) is 0 Å². The highest BCUT2D eigenvalue weighted by Gasteiger charge is 2.45. The Labute approximate surface area is 182 Å². The zero-order valence-electron chi connectivity index (χ0n) is 17.2. The normalized spacial score (nSPS) is 21.5. The van der Waals surface area contributed by atoms with Crippen LogP contribution in [0.15, 0.2) is 78.9 Å². The standard InChI is InChI=1S/C26H24N4O/c27-17-30-16-18-14-24(25(30)15-18)29-26(31)20-12-10-19(11-13-20)22-8-4-5-9-23(22)28-21-6-2-1-3-7-21/h1-13,18,24-25,28H,14-16H2,(H,29,31). The number of nitrogens with one attached hydrogen (secondary N) is 2. The van der Waals surface area contributed by atoms with Crippen LogP contribution in [0.25, 0.3) is 11.1 Å². The number of carbonyl (C=O) groups is 1. The molecule has 1 aliphatic heterocycles. The fourth-order valence-electron chi connectivity index (χ4n) is 4.87. The number of rotatable bonds is 5. The monoisotopic (exact) mass is 408 g/mol. The Bertz CT molecular complexity index is 1120. The Morgan fingerprint density at radius 3 is 2.42 bits per heavy atom. The van der Waals surface area contributed by atoms with Crippen molar-refractivity contribution in [2.24, 2.45) is 5.92 Å². The number of likely N-dealkylation sites (tertiary alicyclic amines) is 1. The molecule has 5 heteroatoms. The highest BCUT2D eigenvalue weighted by molar-refractivity contribution is 5.95. The summed E-state index contributed by atoms with van der Waals surface area (Å²) in [5, 5.41) is 15.9. The molecule has 0 aromatic heterocycles. The van der Waals surface area contributed by atoms with E-state index in [9.17, 15) is 10.1 Å². The van der Waals surface area contributed by atoms with Crippen molar-refractivity contribution in [2.45, 2.75) is 24.9 Å². The average Bonchev–Trinajstić information content (AvgIpc) is 3.40. The maximum Gasteiger partial charge on any atom is 0.251 e. The number of nitriles is 1. The Kier molecular flexibility index (Phi) is 5.05. The molecule has 0 radical (unpaired) electrons. The lowest BCUT2D eigenvalue weighted by atomic mass is 10.0. The first-order chi connectivity index (χ1) is 15.2. The molecule has 3 aromatic carbocycles. The predicted octanol–water partition coefficient (Wildman–Crippen LogP) is 4.77. The number of anilines is 2. The van der Waals surface area contributed by atoms with Crippen molar-refractivity contribution >= 4 is 17.3 Å². The van der Waals surface area contributed by atoms with Crippen molar-refractivity contribution in [3.8, 4) is 17.3 Å². The summed E-state index contributed by atoms with van der Waals surface area (Å²) in [4.78, 5) is 14.6. The third-order valence-electron chi connectivity index (χ3n) is 6.36.